The van der Waals surface area contributed by atoms with Crippen LogP contribution in [0, 0.1) is 17.3 Å². The molecule has 1 aromatic carbocycles. The largest absolute Gasteiger partial charge is 0.507 e. The van der Waals surface area contributed by atoms with Crippen molar-refractivity contribution in [1.29, 1.82) is 0 Å². The maximum Gasteiger partial charge on any atom is 0.123 e. The molecule has 0 saturated heterocycles. The summed E-state index contributed by atoms with van der Waals surface area (Å²) < 4.78 is 0. The molecule has 152 valence electrons. The standard InChI is InChI=1S/C26H36O2/c1-4-5-6-7-10-25(11-8-9-12-25)18-13-20(27)23(21(28)14-18)26-16-17(2)19-15-22(26)24(19,26)3/h13-14,16,19,22,27-28H,4-12,15H2,1-3H3/t19-,22-,24?,26+/m1/s1. The molecule has 0 aromatic heterocycles. The van der Waals surface area contributed by atoms with Crippen molar-refractivity contribution >= 4 is 0 Å². The molecular weight excluding hydrogens is 344 g/mol. The SMILES string of the molecule is CCCCCCC1(c2cc(O)c([C@]34C=C(C)[C@H]5C[C@@H]3C54C)c(O)c2)CCCC1. The van der Waals surface area contributed by atoms with Crippen molar-refractivity contribution in [1.82, 2.24) is 0 Å². The Morgan fingerprint density at radius 1 is 1.04 bits per heavy atom. The molecule has 0 radical (unpaired) electrons. The highest BCUT2D eigenvalue weighted by molar-refractivity contribution is 5.66. The average molecular weight is 381 g/mol. The number of aromatic hydroxyl groups is 2. The molecule has 3 fully saturated rings. The zero-order valence-corrected chi connectivity index (χ0v) is 17.9. The third-order valence-electron chi connectivity index (χ3n) is 9.47. The minimum atomic E-state index is -0.113. The molecule has 5 rings (SSSR count). The monoisotopic (exact) mass is 380 g/mol. The van der Waals surface area contributed by atoms with E-state index in [9.17, 15) is 10.2 Å². The first kappa shape index (κ1) is 18.6. The van der Waals surface area contributed by atoms with Crippen LogP contribution in [-0.4, -0.2) is 10.2 Å². The van der Waals surface area contributed by atoms with Gasteiger partial charge in [-0.05, 0) is 73.0 Å². The summed E-state index contributed by atoms with van der Waals surface area (Å²) in [6, 6.07) is 4.07. The van der Waals surface area contributed by atoms with Gasteiger partial charge in [-0.25, -0.2) is 0 Å². The molecule has 4 aliphatic carbocycles. The van der Waals surface area contributed by atoms with Gasteiger partial charge in [0, 0.05) is 11.0 Å². The summed E-state index contributed by atoms with van der Waals surface area (Å²) in [6.07, 6.45) is 14.8. The average Bonchev–Trinajstić information content (AvgIpc) is 3.01. The highest BCUT2D eigenvalue weighted by Crippen LogP contribution is 2.89. The maximum absolute atomic E-state index is 11.2. The van der Waals surface area contributed by atoms with Gasteiger partial charge < -0.3 is 10.2 Å². The van der Waals surface area contributed by atoms with Crippen LogP contribution in [0.25, 0.3) is 0 Å². The van der Waals surface area contributed by atoms with Crippen LogP contribution in [0.4, 0.5) is 0 Å². The van der Waals surface area contributed by atoms with E-state index in [0.29, 0.717) is 23.3 Å². The summed E-state index contributed by atoms with van der Waals surface area (Å²) in [5.41, 5.74) is 3.75. The van der Waals surface area contributed by atoms with Gasteiger partial charge in [-0.15, -0.1) is 0 Å². The second kappa shape index (κ2) is 6.03. The molecule has 28 heavy (non-hydrogen) atoms. The molecule has 0 amide bonds. The van der Waals surface area contributed by atoms with Gasteiger partial charge in [0.15, 0.2) is 0 Å². The van der Waals surface area contributed by atoms with E-state index in [0.717, 1.165) is 5.56 Å². The van der Waals surface area contributed by atoms with Crippen molar-refractivity contribution < 1.29 is 10.2 Å². The van der Waals surface area contributed by atoms with Crippen LogP contribution >= 0.6 is 0 Å². The molecule has 4 aliphatic rings. The molecule has 2 nitrogen and oxygen atoms in total. The summed E-state index contributed by atoms with van der Waals surface area (Å²) in [4.78, 5) is 0. The Balaban J connectivity index is 1.49. The van der Waals surface area contributed by atoms with Crippen LogP contribution in [0.3, 0.4) is 0 Å². The number of hydrogen-bond donors (Lipinski definition) is 2. The lowest BCUT2D eigenvalue weighted by molar-refractivity contribution is 0.221. The Morgan fingerprint density at radius 3 is 2.25 bits per heavy atom. The third-order valence-corrected chi connectivity index (χ3v) is 9.47. The van der Waals surface area contributed by atoms with Gasteiger partial charge in [0.05, 0.1) is 0 Å². The molecule has 0 heterocycles. The fourth-order valence-corrected chi connectivity index (χ4v) is 7.91. The maximum atomic E-state index is 11.2. The summed E-state index contributed by atoms with van der Waals surface area (Å²) in [6.45, 7) is 6.85. The quantitative estimate of drug-likeness (QED) is 0.406. The Morgan fingerprint density at radius 2 is 1.71 bits per heavy atom. The van der Waals surface area contributed by atoms with E-state index in [4.69, 9.17) is 0 Å². The van der Waals surface area contributed by atoms with E-state index in [-0.39, 0.29) is 16.2 Å². The van der Waals surface area contributed by atoms with E-state index in [1.54, 1.807) is 0 Å². The molecule has 0 aliphatic heterocycles. The van der Waals surface area contributed by atoms with Crippen LogP contribution in [-0.2, 0) is 10.8 Å². The van der Waals surface area contributed by atoms with E-state index >= 15 is 0 Å². The number of hydrogen-bond acceptors (Lipinski definition) is 2. The summed E-state index contributed by atoms with van der Waals surface area (Å²) in [5, 5.41) is 22.3. The van der Waals surface area contributed by atoms with Crippen molar-refractivity contribution in [2.75, 3.05) is 0 Å². The first-order valence-corrected chi connectivity index (χ1v) is 11.7. The van der Waals surface area contributed by atoms with Crippen LogP contribution in [0.15, 0.2) is 23.8 Å². The van der Waals surface area contributed by atoms with Gasteiger partial charge >= 0.3 is 0 Å². The van der Waals surface area contributed by atoms with Gasteiger partial charge in [0.25, 0.3) is 0 Å². The van der Waals surface area contributed by atoms with E-state index in [2.05, 4.69) is 26.8 Å². The number of fused-ring (bicyclic) bond motifs is 1. The van der Waals surface area contributed by atoms with Gasteiger partial charge in [0.2, 0.25) is 0 Å². The summed E-state index contributed by atoms with van der Waals surface area (Å²) >= 11 is 0. The molecule has 0 spiro atoms. The topological polar surface area (TPSA) is 40.5 Å². The highest BCUT2D eigenvalue weighted by atomic mass is 16.3. The van der Waals surface area contributed by atoms with Gasteiger partial charge in [-0.3, -0.25) is 0 Å². The van der Waals surface area contributed by atoms with Crippen LogP contribution in [0.1, 0.15) is 96.1 Å². The van der Waals surface area contributed by atoms with E-state index in [1.807, 2.05) is 12.1 Å². The number of allylic oxidation sites excluding steroid dienone is 2. The molecule has 4 atom stereocenters. The molecule has 2 heteroatoms. The van der Waals surface area contributed by atoms with Crippen LogP contribution in [0.2, 0.25) is 0 Å². The first-order valence-electron chi connectivity index (χ1n) is 11.7. The fourth-order valence-electron chi connectivity index (χ4n) is 7.91. The Kier molecular flexibility index (Phi) is 4.00. The molecule has 1 unspecified atom stereocenters. The number of benzene rings is 1. The van der Waals surface area contributed by atoms with Crippen LogP contribution in [0.5, 0.6) is 11.5 Å². The molecule has 1 aromatic rings. The lowest BCUT2D eigenvalue weighted by Gasteiger charge is -2.32. The first-order chi connectivity index (χ1) is 13.4. The predicted octanol–water partition coefficient (Wildman–Crippen LogP) is 6.73. The molecule has 0 bridgehead atoms. The second-order valence-electron chi connectivity index (χ2n) is 10.6. The molecular formula is C26H36O2. The Bertz CT molecular complexity index is 808. The van der Waals surface area contributed by atoms with Crippen molar-refractivity contribution in [2.24, 2.45) is 17.3 Å². The summed E-state index contributed by atoms with van der Waals surface area (Å²) in [7, 11) is 0. The minimum absolute atomic E-state index is 0.113. The molecule has 3 saturated carbocycles. The lowest BCUT2D eigenvalue weighted by atomic mass is 9.72. The van der Waals surface area contributed by atoms with E-state index < -0.39 is 0 Å². The fraction of sp³-hybridized carbons (Fsp3) is 0.692. The van der Waals surface area contributed by atoms with Crippen molar-refractivity contribution in [3.8, 4) is 11.5 Å². The number of phenolic OH excluding ortho intramolecular Hbond substituents is 2. The number of phenols is 2. The zero-order chi connectivity index (χ0) is 19.7. The van der Waals surface area contributed by atoms with Crippen molar-refractivity contribution in [3.05, 3.63) is 34.9 Å². The normalized spacial score (nSPS) is 36.8. The third kappa shape index (κ3) is 2.10. The zero-order valence-electron chi connectivity index (χ0n) is 17.9. The number of unbranched alkanes of at least 4 members (excludes halogenated alkanes) is 3. The van der Waals surface area contributed by atoms with Crippen molar-refractivity contribution in [3.63, 3.8) is 0 Å². The van der Waals surface area contributed by atoms with Gasteiger partial charge in [-0.1, -0.05) is 64.0 Å². The molecule has 2 N–H and O–H groups in total. The summed E-state index contributed by atoms with van der Waals surface area (Å²) in [5.74, 6) is 1.94. The van der Waals surface area contributed by atoms with E-state index in [1.165, 1.54) is 75.3 Å². The van der Waals surface area contributed by atoms with Crippen molar-refractivity contribution in [2.45, 2.75) is 95.8 Å². The second-order valence-corrected chi connectivity index (χ2v) is 10.6. The Labute approximate surface area is 170 Å². The highest BCUT2D eigenvalue weighted by Gasteiger charge is 2.86. The number of rotatable bonds is 7. The lowest BCUT2D eigenvalue weighted by Crippen LogP contribution is -2.25. The van der Waals surface area contributed by atoms with Gasteiger partial charge in [-0.2, -0.15) is 0 Å². The predicted molar refractivity (Wildman–Crippen MR) is 114 cm³/mol. The van der Waals surface area contributed by atoms with Gasteiger partial charge in [0.1, 0.15) is 11.5 Å². The minimum Gasteiger partial charge on any atom is -0.507 e. The van der Waals surface area contributed by atoms with Crippen LogP contribution < -0.4 is 0 Å². The Hall–Kier alpha value is -1.44. The smallest absolute Gasteiger partial charge is 0.123 e.